The van der Waals surface area contributed by atoms with Gasteiger partial charge in [-0.1, -0.05) is 23.8 Å². The zero-order valence-electron chi connectivity index (χ0n) is 13.5. The maximum atomic E-state index is 12.3. The highest BCUT2D eigenvalue weighted by Crippen LogP contribution is 2.14. The van der Waals surface area contributed by atoms with E-state index < -0.39 is 17.8 Å². The summed E-state index contributed by atoms with van der Waals surface area (Å²) in [6, 6.07) is 10.1. The van der Waals surface area contributed by atoms with Crippen LogP contribution in [0, 0.1) is 6.92 Å². The summed E-state index contributed by atoms with van der Waals surface area (Å²) < 4.78 is 0. The highest BCUT2D eigenvalue weighted by atomic mass is 16.2. The van der Waals surface area contributed by atoms with Gasteiger partial charge in [0.25, 0.3) is 5.91 Å². The number of imide groups is 1. The van der Waals surface area contributed by atoms with Gasteiger partial charge in [0.05, 0.1) is 0 Å². The van der Waals surface area contributed by atoms with Crippen molar-refractivity contribution in [1.82, 2.24) is 15.2 Å². The van der Waals surface area contributed by atoms with Crippen LogP contribution in [0.15, 0.2) is 54.5 Å². The average Bonchev–Trinajstić information content (AvgIpc) is 2.85. The first-order chi connectivity index (χ1) is 12.0. The zero-order valence-corrected chi connectivity index (χ0v) is 13.5. The Labute approximate surface area is 144 Å². The minimum absolute atomic E-state index is 0.112. The Kier molecular flexibility index (Phi) is 4.56. The van der Waals surface area contributed by atoms with Gasteiger partial charge in [0.1, 0.15) is 12.2 Å². The highest BCUT2D eigenvalue weighted by Gasteiger charge is 2.34. The summed E-state index contributed by atoms with van der Waals surface area (Å²) in [6.07, 6.45) is 4.70. The number of hydrogen-bond acceptors (Lipinski definition) is 4. The lowest BCUT2D eigenvalue weighted by molar-refractivity contribution is -0.127. The van der Waals surface area contributed by atoms with Crippen LogP contribution in [0.4, 0.5) is 10.5 Å². The van der Waals surface area contributed by atoms with Crippen molar-refractivity contribution in [2.24, 2.45) is 0 Å². The average molecular weight is 336 g/mol. The monoisotopic (exact) mass is 336 g/mol. The van der Waals surface area contributed by atoms with E-state index in [0.717, 1.165) is 10.5 Å². The van der Waals surface area contributed by atoms with Crippen molar-refractivity contribution >= 4 is 29.6 Å². The van der Waals surface area contributed by atoms with Gasteiger partial charge >= 0.3 is 6.03 Å². The number of anilines is 1. The van der Waals surface area contributed by atoms with E-state index in [1.165, 1.54) is 6.08 Å². The molecule has 2 heterocycles. The number of amides is 4. The summed E-state index contributed by atoms with van der Waals surface area (Å²) in [4.78, 5) is 41.2. The molecule has 7 nitrogen and oxygen atoms in total. The first kappa shape index (κ1) is 16.4. The maximum absolute atomic E-state index is 12.3. The molecule has 1 fully saturated rings. The van der Waals surface area contributed by atoms with Crippen LogP contribution in [0.1, 0.15) is 11.1 Å². The molecule has 0 spiro atoms. The van der Waals surface area contributed by atoms with Crippen molar-refractivity contribution in [3.05, 3.63) is 65.6 Å². The summed E-state index contributed by atoms with van der Waals surface area (Å²) in [7, 11) is 0. The lowest BCUT2D eigenvalue weighted by Crippen LogP contribution is -2.38. The largest absolute Gasteiger partial charge is 0.329 e. The van der Waals surface area contributed by atoms with Crippen LogP contribution in [0.5, 0.6) is 0 Å². The van der Waals surface area contributed by atoms with Gasteiger partial charge in [0.15, 0.2) is 0 Å². The summed E-state index contributed by atoms with van der Waals surface area (Å²) in [5, 5.41) is 5.13. The van der Waals surface area contributed by atoms with Gasteiger partial charge < -0.3 is 10.6 Å². The van der Waals surface area contributed by atoms with Gasteiger partial charge in [-0.2, -0.15) is 0 Å². The summed E-state index contributed by atoms with van der Waals surface area (Å²) >= 11 is 0. The second-order valence-electron chi connectivity index (χ2n) is 5.58. The van der Waals surface area contributed by atoms with E-state index >= 15 is 0 Å². The van der Waals surface area contributed by atoms with Crippen LogP contribution in [-0.2, 0) is 9.59 Å². The molecule has 1 saturated heterocycles. The molecule has 4 amide bonds. The number of urea groups is 1. The van der Waals surface area contributed by atoms with Crippen LogP contribution >= 0.6 is 0 Å². The number of nitrogens with zero attached hydrogens (tertiary/aromatic N) is 2. The molecule has 3 rings (SSSR count). The maximum Gasteiger partial charge on any atom is 0.329 e. The third-order valence-electron chi connectivity index (χ3n) is 3.59. The molecule has 7 heteroatoms. The van der Waals surface area contributed by atoms with Crippen LogP contribution in [0.2, 0.25) is 0 Å². The van der Waals surface area contributed by atoms with Crippen LogP contribution in [0.25, 0.3) is 6.08 Å². The Morgan fingerprint density at radius 2 is 2.00 bits per heavy atom. The number of rotatable bonds is 4. The molecule has 2 N–H and O–H groups in total. The number of hydrogen-bond donors (Lipinski definition) is 2. The van der Waals surface area contributed by atoms with Gasteiger partial charge in [-0.05, 0) is 36.8 Å². The second kappa shape index (κ2) is 6.96. The Morgan fingerprint density at radius 3 is 2.68 bits per heavy atom. The molecule has 1 aromatic carbocycles. The van der Waals surface area contributed by atoms with Crippen molar-refractivity contribution in [3.8, 4) is 0 Å². The van der Waals surface area contributed by atoms with E-state index in [0.29, 0.717) is 11.3 Å². The number of benzene rings is 1. The first-order valence-corrected chi connectivity index (χ1v) is 7.64. The van der Waals surface area contributed by atoms with Gasteiger partial charge in [0.2, 0.25) is 5.91 Å². The van der Waals surface area contributed by atoms with E-state index in [9.17, 15) is 14.4 Å². The van der Waals surface area contributed by atoms with Crippen molar-refractivity contribution in [2.45, 2.75) is 6.92 Å². The third kappa shape index (κ3) is 3.89. The predicted octanol–water partition coefficient (Wildman–Crippen LogP) is 1.92. The lowest BCUT2D eigenvalue weighted by Gasteiger charge is -2.12. The molecule has 0 radical (unpaired) electrons. The fourth-order valence-electron chi connectivity index (χ4n) is 2.32. The van der Waals surface area contributed by atoms with Crippen LogP contribution < -0.4 is 10.6 Å². The van der Waals surface area contributed by atoms with E-state index in [2.05, 4.69) is 15.6 Å². The van der Waals surface area contributed by atoms with Crippen molar-refractivity contribution in [1.29, 1.82) is 0 Å². The molecule has 1 aliphatic heterocycles. The minimum atomic E-state index is -0.626. The minimum Gasteiger partial charge on any atom is -0.325 e. The fraction of sp³-hybridized carbons (Fsp3) is 0.111. The lowest BCUT2D eigenvalue weighted by atomic mass is 10.2. The second-order valence-corrected chi connectivity index (χ2v) is 5.58. The predicted molar refractivity (Wildman–Crippen MR) is 92.3 cm³/mol. The number of aryl methyl sites for hydroxylation is 1. The molecule has 2 aromatic rings. The molecular weight excluding hydrogens is 320 g/mol. The molecule has 0 unspecified atom stereocenters. The van der Waals surface area contributed by atoms with E-state index in [1.54, 1.807) is 36.7 Å². The standard InChI is InChI=1S/C18H16N4O3/c1-12-4-6-14(7-5-12)20-16(23)11-22-17(24)15(21-18(22)25)9-13-3-2-8-19-10-13/h2-10H,11H2,1H3,(H,20,23)(H,21,25)/b15-9+. The molecular formula is C18H16N4O3. The van der Waals surface area contributed by atoms with E-state index in [-0.39, 0.29) is 12.2 Å². The Hall–Kier alpha value is -3.48. The van der Waals surface area contributed by atoms with Crippen LogP contribution in [0.3, 0.4) is 0 Å². The molecule has 0 aliphatic carbocycles. The zero-order chi connectivity index (χ0) is 17.8. The fourth-order valence-corrected chi connectivity index (χ4v) is 2.32. The van der Waals surface area contributed by atoms with Crippen molar-refractivity contribution in [3.63, 3.8) is 0 Å². The summed E-state index contributed by atoms with van der Waals surface area (Å²) in [5.74, 6) is -0.997. The molecule has 1 aliphatic rings. The van der Waals surface area contributed by atoms with Crippen molar-refractivity contribution < 1.29 is 14.4 Å². The third-order valence-corrected chi connectivity index (χ3v) is 3.59. The topological polar surface area (TPSA) is 91.4 Å². The Balaban J connectivity index is 1.67. The quantitative estimate of drug-likeness (QED) is 0.659. The number of carbonyl (C=O) groups excluding carboxylic acids is 3. The number of pyridine rings is 1. The molecule has 0 bridgehead atoms. The first-order valence-electron chi connectivity index (χ1n) is 7.64. The molecule has 0 saturated carbocycles. The number of aromatic nitrogens is 1. The smallest absolute Gasteiger partial charge is 0.325 e. The summed E-state index contributed by atoms with van der Waals surface area (Å²) in [6.45, 7) is 1.58. The highest BCUT2D eigenvalue weighted by molar-refractivity contribution is 6.15. The van der Waals surface area contributed by atoms with Gasteiger partial charge in [-0.15, -0.1) is 0 Å². The molecule has 1 aromatic heterocycles. The van der Waals surface area contributed by atoms with E-state index in [1.807, 2.05) is 19.1 Å². The van der Waals surface area contributed by atoms with Gasteiger partial charge in [-0.3, -0.25) is 14.6 Å². The normalized spacial score (nSPS) is 15.4. The van der Waals surface area contributed by atoms with E-state index in [4.69, 9.17) is 0 Å². The summed E-state index contributed by atoms with van der Waals surface area (Å²) in [5.41, 5.74) is 2.46. The SMILES string of the molecule is Cc1ccc(NC(=O)CN2C(=O)N/C(=C/c3cccnc3)C2=O)cc1. The Bertz CT molecular complexity index is 844. The molecule has 126 valence electrons. The number of carbonyl (C=O) groups is 3. The number of nitrogens with one attached hydrogen (secondary N) is 2. The molecule has 0 atom stereocenters. The van der Waals surface area contributed by atoms with Crippen LogP contribution in [-0.4, -0.2) is 34.3 Å². The van der Waals surface area contributed by atoms with Crippen molar-refractivity contribution in [2.75, 3.05) is 11.9 Å². The van der Waals surface area contributed by atoms with Gasteiger partial charge in [0, 0.05) is 18.1 Å². The molecule has 25 heavy (non-hydrogen) atoms. The van der Waals surface area contributed by atoms with Gasteiger partial charge in [-0.25, -0.2) is 9.69 Å². The Morgan fingerprint density at radius 1 is 1.24 bits per heavy atom.